The number of nitrogens with one attached hydrogen (secondary N) is 1. The van der Waals surface area contributed by atoms with Gasteiger partial charge in [0.05, 0.1) is 0 Å². The van der Waals surface area contributed by atoms with Crippen LogP contribution >= 0.6 is 0 Å². The SMILES string of the molecule is CCc1cccc(C)c1NC(=O)C=CC(=O)O. The molecule has 0 spiro atoms. The predicted molar refractivity (Wildman–Crippen MR) is 66.0 cm³/mol. The maximum atomic E-state index is 11.5. The van der Waals surface area contributed by atoms with Gasteiger partial charge < -0.3 is 10.4 Å². The van der Waals surface area contributed by atoms with Crippen LogP contribution in [0.25, 0.3) is 0 Å². The predicted octanol–water partition coefficient (Wildman–Crippen LogP) is 2.14. The summed E-state index contributed by atoms with van der Waals surface area (Å²) in [5, 5.41) is 11.1. The quantitative estimate of drug-likeness (QED) is 0.783. The Morgan fingerprint density at radius 2 is 2.06 bits per heavy atom. The first kappa shape index (κ1) is 13.0. The smallest absolute Gasteiger partial charge is 0.328 e. The van der Waals surface area contributed by atoms with Crippen LogP contribution in [0, 0.1) is 6.92 Å². The molecule has 0 bridgehead atoms. The standard InChI is InChI=1S/C13H15NO3/c1-3-10-6-4-5-9(2)13(10)14-11(15)7-8-12(16)17/h4-8H,3H2,1-2H3,(H,14,15)(H,16,17). The minimum absolute atomic E-state index is 0.434. The molecule has 0 unspecified atom stereocenters. The number of hydrogen-bond donors (Lipinski definition) is 2. The Kier molecular flexibility index (Phi) is 4.46. The minimum atomic E-state index is -1.14. The molecule has 17 heavy (non-hydrogen) atoms. The number of carboxylic acids is 1. The van der Waals surface area contributed by atoms with E-state index >= 15 is 0 Å². The number of aliphatic carboxylic acids is 1. The zero-order valence-electron chi connectivity index (χ0n) is 9.86. The molecule has 2 N–H and O–H groups in total. The molecular formula is C13H15NO3. The van der Waals surface area contributed by atoms with E-state index in [4.69, 9.17) is 5.11 Å². The first-order valence-corrected chi connectivity index (χ1v) is 5.35. The Bertz CT molecular complexity index is 464. The number of para-hydroxylation sites is 1. The van der Waals surface area contributed by atoms with E-state index in [0.29, 0.717) is 0 Å². The van der Waals surface area contributed by atoms with Gasteiger partial charge in [0, 0.05) is 17.8 Å². The number of carbonyl (C=O) groups excluding carboxylic acids is 1. The van der Waals surface area contributed by atoms with Crippen LogP contribution in [0.5, 0.6) is 0 Å². The van der Waals surface area contributed by atoms with Crippen LogP contribution in [0.2, 0.25) is 0 Å². The highest BCUT2D eigenvalue weighted by Gasteiger charge is 2.06. The van der Waals surface area contributed by atoms with Gasteiger partial charge in [-0.1, -0.05) is 25.1 Å². The molecule has 0 radical (unpaired) electrons. The zero-order chi connectivity index (χ0) is 12.8. The number of benzene rings is 1. The molecule has 1 aromatic carbocycles. The van der Waals surface area contributed by atoms with Crippen molar-refractivity contribution in [2.24, 2.45) is 0 Å². The molecule has 1 rings (SSSR count). The first-order chi connectivity index (χ1) is 8.04. The third-order valence-electron chi connectivity index (χ3n) is 2.37. The number of rotatable bonds is 4. The van der Waals surface area contributed by atoms with E-state index < -0.39 is 11.9 Å². The van der Waals surface area contributed by atoms with Gasteiger partial charge in [-0.05, 0) is 24.5 Å². The topological polar surface area (TPSA) is 66.4 Å². The number of amides is 1. The largest absolute Gasteiger partial charge is 0.478 e. The van der Waals surface area contributed by atoms with Crippen molar-refractivity contribution in [2.75, 3.05) is 5.32 Å². The van der Waals surface area contributed by atoms with E-state index in [9.17, 15) is 9.59 Å². The molecule has 0 aliphatic carbocycles. The first-order valence-electron chi connectivity index (χ1n) is 5.35. The normalized spacial score (nSPS) is 10.5. The number of carbonyl (C=O) groups is 2. The van der Waals surface area contributed by atoms with Crippen LogP contribution in [-0.4, -0.2) is 17.0 Å². The van der Waals surface area contributed by atoms with Gasteiger partial charge in [0.25, 0.3) is 0 Å². The van der Waals surface area contributed by atoms with Crippen molar-refractivity contribution in [3.63, 3.8) is 0 Å². The van der Waals surface area contributed by atoms with E-state index in [1.54, 1.807) is 0 Å². The fourth-order valence-electron chi connectivity index (χ4n) is 1.51. The molecule has 0 saturated heterocycles. The summed E-state index contributed by atoms with van der Waals surface area (Å²) in [5.74, 6) is -1.57. The fraction of sp³-hybridized carbons (Fsp3) is 0.231. The lowest BCUT2D eigenvalue weighted by atomic mass is 10.1. The van der Waals surface area contributed by atoms with E-state index in [1.807, 2.05) is 32.0 Å². The Hall–Kier alpha value is -2.10. The van der Waals surface area contributed by atoms with Crippen LogP contribution in [0.15, 0.2) is 30.4 Å². The van der Waals surface area contributed by atoms with Gasteiger partial charge in [-0.15, -0.1) is 0 Å². The Balaban J connectivity index is 2.88. The van der Waals surface area contributed by atoms with Crippen molar-refractivity contribution >= 4 is 17.6 Å². The third-order valence-corrected chi connectivity index (χ3v) is 2.37. The van der Waals surface area contributed by atoms with Crippen LogP contribution in [0.1, 0.15) is 18.1 Å². The molecule has 0 aliphatic heterocycles. The summed E-state index contributed by atoms with van der Waals surface area (Å²) in [6.07, 6.45) is 2.63. The highest BCUT2D eigenvalue weighted by molar-refractivity contribution is 6.03. The van der Waals surface area contributed by atoms with Gasteiger partial charge in [-0.2, -0.15) is 0 Å². The van der Waals surface area contributed by atoms with Crippen molar-refractivity contribution in [2.45, 2.75) is 20.3 Å². The van der Waals surface area contributed by atoms with Crippen molar-refractivity contribution in [1.82, 2.24) is 0 Å². The van der Waals surface area contributed by atoms with Crippen molar-refractivity contribution < 1.29 is 14.7 Å². The van der Waals surface area contributed by atoms with E-state index in [1.165, 1.54) is 0 Å². The lowest BCUT2D eigenvalue weighted by Gasteiger charge is -2.11. The molecule has 0 heterocycles. The number of anilines is 1. The van der Waals surface area contributed by atoms with Gasteiger partial charge in [-0.3, -0.25) is 4.79 Å². The molecule has 0 atom stereocenters. The fourth-order valence-corrected chi connectivity index (χ4v) is 1.51. The second-order valence-electron chi connectivity index (χ2n) is 3.62. The second-order valence-corrected chi connectivity index (χ2v) is 3.62. The van der Waals surface area contributed by atoms with Gasteiger partial charge in [0.1, 0.15) is 0 Å². The summed E-state index contributed by atoms with van der Waals surface area (Å²) < 4.78 is 0. The molecule has 0 aliphatic rings. The van der Waals surface area contributed by atoms with Crippen molar-refractivity contribution in [1.29, 1.82) is 0 Å². The summed E-state index contributed by atoms with van der Waals surface area (Å²) >= 11 is 0. The van der Waals surface area contributed by atoms with Crippen molar-refractivity contribution in [3.8, 4) is 0 Å². The highest BCUT2D eigenvalue weighted by atomic mass is 16.4. The zero-order valence-corrected chi connectivity index (χ0v) is 9.86. The van der Waals surface area contributed by atoms with Crippen LogP contribution < -0.4 is 5.32 Å². The Morgan fingerprint density at radius 3 is 2.65 bits per heavy atom. The van der Waals surface area contributed by atoms with E-state index in [0.717, 1.165) is 35.4 Å². The van der Waals surface area contributed by atoms with Crippen LogP contribution in [0.4, 0.5) is 5.69 Å². The summed E-state index contributed by atoms with van der Waals surface area (Å²) in [4.78, 5) is 21.8. The van der Waals surface area contributed by atoms with Gasteiger partial charge >= 0.3 is 5.97 Å². The lowest BCUT2D eigenvalue weighted by Crippen LogP contribution is -2.11. The van der Waals surface area contributed by atoms with Gasteiger partial charge in [0.2, 0.25) is 5.91 Å². The average Bonchev–Trinajstić information content (AvgIpc) is 2.29. The third kappa shape index (κ3) is 3.75. The van der Waals surface area contributed by atoms with Crippen LogP contribution in [-0.2, 0) is 16.0 Å². The maximum absolute atomic E-state index is 11.5. The summed E-state index contributed by atoms with van der Waals surface area (Å²) in [7, 11) is 0. The van der Waals surface area contributed by atoms with Gasteiger partial charge in [-0.25, -0.2) is 4.79 Å². The number of hydrogen-bond acceptors (Lipinski definition) is 2. The molecule has 4 heteroatoms. The Labute approximate surface area is 100.0 Å². The molecule has 0 aromatic heterocycles. The summed E-state index contributed by atoms with van der Waals surface area (Å²) in [5.41, 5.74) is 2.75. The van der Waals surface area contributed by atoms with E-state index in [2.05, 4.69) is 5.32 Å². The number of aryl methyl sites for hydroxylation is 2. The molecular weight excluding hydrogens is 218 g/mol. The molecule has 0 saturated carbocycles. The minimum Gasteiger partial charge on any atom is -0.478 e. The Morgan fingerprint density at radius 1 is 1.35 bits per heavy atom. The second kappa shape index (κ2) is 5.84. The number of carboxylic acid groups (broad SMARTS) is 1. The highest BCUT2D eigenvalue weighted by Crippen LogP contribution is 2.20. The summed E-state index contributed by atoms with van der Waals surface area (Å²) in [6.45, 7) is 3.90. The monoisotopic (exact) mass is 233 g/mol. The van der Waals surface area contributed by atoms with E-state index in [-0.39, 0.29) is 0 Å². The molecule has 1 aromatic rings. The molecule has 1 amide bonds. The molecule has 4 nitrogen and oxygen atoms in total. The van der Waals surface area contributed by atoms with Crippen molar-refractivity contribution in [3.05, 3.63) is 41.5 Å². The van der Waals surface area contributed by atoms with Gasteiger partial charge in [0.15, 0.2) is 0 Å². The summed E-state index contributed by atoms with van der Waals surface area (Å²) in [6, 6.07) is 5.76. The molecule has 90 valence electrons. The lowest BCUT2D eigenvalue weighted by molar-refractivity contribution is -0.131. The maximum Gasteiger partial charge on any atom is 0.328 e. The average molecular weight is 233 g/mol. The molecule has 0 fully saturated rings. The van der Waals surface area contributed by atoms with Crippen LogP contribution in [0.3, 0.4) is 0 Å².